The fraction of sp³-hybridized carbons (Fsp3) is 0.471. The number of hydrogen-bond donors (Lipinski definition) is 1. The third-order valence-electron chi connectivity index (χ3n) is 4.24. The van der Waals surface area contributed by atoms with Crippen molar-refractivity contribution in [2.24, 2.45) is 5.92 Å². The van der Waals surface area contributed by atoms with Crippen molar-refractivity contribution in [3.63, 3.8) is 0 Å². The predicted octanol–water partition coefficient (Wildman–Crippen LogP) is 2.67. The molecule has 0 spiro atoms. The minimum atomic E-state index is 0.0423. The summed E-state index contributed by atoms with van der Waals surface area (Å²) in [6.07, 6.45) is 7.73. The van der Waals surface area contributed by atoms with Gasteiger partial charge in [-0.3, -0.25) is 4.79 Å². The van der Waals surface area contributed by atoms with Gasteiger partial charge in [-0.15, -0.1) is 0 Å². The molecule has 0 atom stereocenters. The van der Waals surface area contributed by atoms with E-state index in [1.807, 2.05) is 12.1 Å². The highest BCUT2D eigenvalue weighted by Gasteiger charge is 2.25. The van der Waals surface area contributed by atoms with Crippen molar-refractivity contribution in [2.45, 2.75) is 19.3 Å². The fourth-order valence-electron chi connectivity index (χ4n) is 3.00. The van der Waals surface area contributed by atoms with Gasteiger partial charge in [0.25, 0.3) is 0 Å². The molecular weight excluding hydrogens is 266 g/mol. The molecule has 0 unspecified atom stereocenters. The number of fused-ring (bicyclic) bond motifs is 1. The van der Waals surface area contributed by atoms with Gasteiger partial charge in [0.05, 0.1) is 18.2 Å². The average Bonchev–Trinajstić information content (AvgIpc) is 2.90. The van der Waals surface area contributed by atoms with Crippen molar-refractivity contribution in [3.8, 4) is 11.5 Å². The summed E-state index contributed by atoms with van der Waals surface area (Å²) in [5, 5.41) is 3.38. The monoisotopic (exact) mass is 287 g/mol. The summed E-state index contributed by atoms with van der Waals surface area (Å²) in [6, 6.07) is 3.63. The maximum Gasteiger partial charge on any atom is 0.203 e. The van der Waals surface area contributed by atoms with Crippen LogP contribution in [-0.4, -0.2) is 32.6 Å². The third kappa shape index (κ3) is 2.95. The Bertz CT molecular complexity index is 559. The number of Topliss-reactive ketones (excluding diaryl/α,β-unsaturated/α-hetero) is 1. The average molecular weight is 287 g/mol. The van der Waals surface area contributed by atoms with E-state index in [1.54, 1.807) is 13.2 Å². The van der Waals surface area contributed by atoms with Gasteiger partial charge in [-0.05, 0) is 50.4 Å². The number of benzene rings is 1. The van der Waals surface area contributed by atoms with Crippen LogP contribution >= 0.6 is 0 Å². The van der Waals surface area contributed by atoms with Crippen LogP contribution < -0.4 is 14.8 Å². The van der Waals surface area contributed by atoms with Crippen molar-refractivity contribution in [1.82, 2.24) is 5.32 Å². The normalized spacial score (nSPS) is 18.8. The molecule has 0 saturated carbocycles. The van der Waals surface area contributed by atoms with E-state index in [9.17, 15) is 4.79 Å². The lowest BCUT2D eigenvalue weighted by atomic mass is 9.94. The van der Waals surface area contributed by atoms with Gasteiger partial charge in [0.1, 0.15) is 11.5 Å². The Kier molecular flexibility index (Phi) is 4.25. The predicted molar refractivity (Wildman–Crippen MR) is 82.1 cm³/mol. The number of carbonyl (C=O) groups excluding carboxylic acids is 1. The lowest BCUT2D eigenvalue weighted by Gasteiger charge is -2.21. The highest BCUT2D eigenvalue weighted by atomic mass is 16.5. The Balaban J connectivity index is 1.79. The van der Waals surface area contributed by atoms with Gasteiger partial charge in [-0.2, -0.15) is 0 Å². The molecular formula is C17H21NO3. The highest BCUT2D eigenvalue weighted by Crippen LogP contribution is 2.37. The van der Waals surface area contributed by atoms with Crippen LogP contribution in [0.25, 0.3) is 6.08 Å². The third-order valence-corrected chi connectivity index (χ3v) is 4.24. The van der Waals surface area contributed by atoms with E-state index in [4.69, 9.17) is 9.47 Å². The van der Waals surface area contributed by atoms with Crippen LogP contribution in [0, 0.1) is 5.92 Å². The van der Waals surface area contributed by atoms with E-state index in [0.29, 0.717) is 11.3 Å². The van der Waals surface area contributed by atoms with E-state index in [-0.39, 0.29) is 12.4 Å². The molecule has 1 N–H and O–H groups in total. The first-order valence-electron chi connectivity index (χ1n) is 7.54. The molecule has 3 rings (SSSR count). The molecule has 2 aliphatic heterocycles. The molecule has 4 nitrogen and oxygen atoms in total. The van der Waals surface area contributed by atoms with Crippen molar-refractivity contribution in [1.29, 1.82) is 0 Å². The zero-order valence-corrected chi connectivity index (χ0v) is 12.4. The topological polar surface area (TPSA) is 47.6 Å². The van der Waals surface area contributed by atoms with Gasteiger partial charge >= 0.3 is 0 Å². The maximum absolute atomic E-state index is 11.7. The molecule has 4 heteroatoms. The van der Waals surface area contributed by atoms with E-state index >= 15 is 0 Å². The first kappa shape index (κ1) is 14.1. The second-order valence-corrected chi connectivity index (χ2v) is 5.60. The lowest BCUT2D eigenvalue weighted by Crippen LogP contribution is -2.27. The number of carbonyl (C=O) groups is 1. The van der Waals surface area contributed by atoms with Crippen LogP contribution in [0.3, 0.4) is 0 Å². The smallest absolute Gasteiger partial charge is 0.203 e. The molecule has 1 fully saturated rings. The summed E-state index contributed by atoms with van der Waals surface area (Å²) >= 11 is 0. The van der Waals surface area contributed by atoms with Gasteiger partial charge in [0.2, 0.25) is 5.78 Å². The first-order valence-corrected chi connectivity index (χ1v) is 7.54. The van der Waals surface area contributed by atoms with E-state index in [0.717, 1.165) is 36.7 Å². The number of ether oxygens (including phenoxy) is 2. The Morgan fingerprint density at radius 2 is 2.19 bits per heavy atom. The molecule has 0 bridgehead atoms. The molecule has 1 saturated heterocycles. The number of allylic oxidation sites excluding steroid dienone is 1. The van der Waals surface area contributed by atoms with Crippen LogP contribution in [0.15, 0.2) is 18.2 Å². The lowest BCUT2D eigenvalue weighted by molar-refractivity contribution is 0.0961. The number of ketones is 1. The quantitative estimate of drug-likeness (QED) is 0.925. The number of hydrogen-bond acceptors (Lipinski definition) is 4. The Morgan fingerprint density at radius 3 is 2.95 bits per heavy atom. The summed E-state index contributed by atoms with van der Waals surface area (Å²) < 4.78 is 10.9. The summed E-state index contributed by atoms with van der Waals surface area (Å²) in [4.78, 5) is 11.7. The summed E-state index contributed by atoms with van der Waals surface area (Å²) in [6.45, 7) is 2.36. The van der Waals surface area contributed by atoms with Crippen molar-refractivity contribution < 1.29 is 14.3 Å². The van der Waals surface area contributed by atoms with Crippen LogP contribution in [-0.2, 0) is 0 Å². The zero-order chi connectivity index (χ0) is 14.7. The van der Waals surface area contributed by atoms with Crippen LogP contribution in [0.5, 0.6) is 11.5 Å². The van der Waals surface area contributed by atoms with E-state index in [2.05, 4.69) is 11.4 Å². The molecule has 0 amide bonds. The molecule has 1 aromatic carbocycles. The first-order chi connectivity index (χ1) is 10.3. The molecule has 21 heavy (non-hydrogen) atoms. The molecule has 0 radical (unpaired) electrons. The van der Waals surface area contributed by atoms with Crippen molar-refractivity contribution in [2.75, 3.05) is 26.8 Å². The van der Waals surface area contributed by atoms with Gasteiger partial charge in [0, 0.05) is 0 Å². The van der Waals surface area contributed by atoms with E-state index < -0.39 is 0 Å². The Hall–Kier alpha value is -1.81. The van der Waals surface area contributed by atoms with Gasteiger partial charge in [-0.1, -0.05) is 12.2 Å². The maximum atomic E-state index is 11.7. The minimum Gasteiger partial charge on any atom is -0.496 e. The molecule has 2 aliphatic rings. The second-order valence-electron chi connectivity index (χ2n) is 5.60. The Labute approximate surface area is 125 Å². The van der Waals surface area contributed by atoms with Crippen LogP contribution in [0.2, 0.25) is 0 Å². The summed E-state index contributed by atoms with van der Waals surface area (Å²) in [5.74, 6) is 2.21. The van der Waals surface area contributed by atoms with Crippen LogP contribution in [0.1, 0.15) is 35.2 Å². The van der Waals surface area contributed by atoms with Gasteiger partial charge < -0.3 is 14.8 Å². The standard InChI is InChI=1S/C17H21NO3/c1-20-16-6-5-13-15(19)11-21-17(13)14(16)4-2-3-12-7-9-18-10-8-12/h2,4-6,12,18H,3,7-11H2,1H3/b4-2+. The van der Waals surface area contributed by atoms with Crippen molar-refractivity contribution in [3.05, 3.63) is 29.3 Å². The second kappa shape index (κ2) is 6.31. The largest absolute Gasteiger partial charge is 0.496 e. The molecule has 0 aliphatic carbocycles. The number of rotatable bonds is 4. The minimum absolute atomic E-state index is 0.0423. The summed E-state index contributed by atoms with van der Waals surface area (Å²) in [5.41, 5.74) is 1.55. The summed E-state index contributed by atoms with van der Waals surface area (Å²) in [7, 11) is 1.64. The molecule has 2 heterocycles. The molecule has 0 aromatic heterocycles. The van der Waals surface area contributed by atoms with Crippen LogP contribution in [0.4, 0.5) is 0 Å². The highest BCUT2D eigenvalue weighted by molar-refractivity contribution is 6.03. The fourth-order valence-corrected chi connectivity index (χ4v) is 3.00. The number of piperidine rings is 1. The number of nitrogens with one attached hydrogen (secondary N) is 1. The molecule has 1 aromatic rings. The van der Waals surface area contributed by atoms with E-state index in [1.165, 1.54) is 12.8 Å². The van der Waals surface area contributed by atoms with Crippen molar-refractivity contribution >= 4 is 11.9 Å². The van der Waals surface area contributed by atoms with Gasteiger partial charge in [0.15, 0.2) is 6.61 Å². The Morgan fingerprint density at radius 1 is 1.38 bits per heavy atom. The van der Waals surface area contributed by atoms with Gasteiger partial charge in [-0.25, -0.2) is 0 Å². The number of methoxy groups -OCH3 is 1. The molecule has 112 valence electrons. The zero-order valence-electron chi connectivity index (χ0n) is 12.4. The SMILES string of the molecule is COc1ccc2c(c1/C=C/CC1CCNCC1)OCC2=O.